The molecule has 0 aliphatic rings. The van der Waals surface area contributed by atoms with E-state index in [-0.39, 0.29) is 0 Å². The molecule has 4 atom stereocenters. The summed E-state index contributed by atoms with van der Waals surface area (Å²) in [4.78, 5) is 12.6. The van der Waals surface area contributed by atoms with Gasteiger partial charge in [0.05, 0.1) is 18.8 Å². The SMILES string of the molecule is CCCCCCCCCCC/C=C\C/C=C\CCCCCCCCCCC(O)C(=O)NC(CO)C(O)C(O)CCC/C=C/CC/C=C/CCCCCCCCCCCCCC. The monoisotopic (exact) mass is 858 g/mol. The fraction of sp³-hybridized carbons (Fsp3) is 0.836. The summed E-state index contributed by atoms with van der Waals surface area (Å²) >= 11 is 0. The smallest absolute Gasteiger partial charge is 0.249 e. The minimum atomic E-state index is -1.29. The van der Waals surface area contributed by atoms with Crippen LogP contribution in [0.3, 0.4) is 0 Å². The molecule has 5 N–H and O–H groups in total. The van der Waals surface area contributed by atoms with Gasteiger partial charge in [0, 0.05) is 0 Å². The molecule has 0 saturated carbocycles. The lowest BCUT2D eigenvalue weighted by molar-refractivity contribution is -0.132. The van der Waals surface area contributed by atoms with E-state index in [2.05, 4.69) is 67.8 Å². The van der Waals surface area contributed by atoms with Gasteiger partial charge in [-0.3, -0.25) is 4.79 Å². The average Bonchev–Trinajstić information content (AvgIpc) is 3.26. The molecule has 0 radical (unpaired) electrons. The number of hydrogen-bond acceptors (Lipinski definition) is 5. The van der Waals surface area contributed by atoms with Crippen LogP contribution in [0.1, 0.15) is 264 Å². The van der Waals surface area contributed by atoms with E-state index in [0.717, 1.165) is 51.4 Å². The maximum Gasteiger partial charge on any atom is 0.249 e. The van der Waals surface area contributed by atoms with E-state index in [0.29, 0.717) is 19.3 Å². The zero-order valence-corrected chi connectivity index (χ0v) is 40.4. The molecule has 0 aliphatic heterocycles. The molecule has 0 saturated heterocycles. The van der Waals surface area contributed by atoms with Gasteiger partial charge >= 0.3 is 0 Å². The van der Waals surface area contributed by atoms with Crippen molar-refractivity contribution in [2.75, 3.05) is 6.61 Å². The summed E-state index contributed by atoms with van der Waals surface area (Å²) in [6, 6.07) is -1.01. The van der Waals surface area contributed by atoms with Gasteiger partial charge in [0.2, 0.25) is 5.91 Å². The van der Waals surface area contributed by atoms with Crippen LogP contribution in [0.5, 0.6) is 0 Å². The lowest BCUT2D eigenvalue weighted by atomic mass is 10.00. The van der Waals surface area contributed by atoms with Crippen molar-refractivity contribution < 1.29 is 25.2 Å². The van der Waals surface area contributed by atoms with Crippen LogP contribution in [0.15, 0.2) is 48.6 Å². The lowest BCUT2D eigenvalue weighted by Crippen LogP contribution is -2.53. The summed E-state index contributed by atoms with van der Waals surface area (Å²) in [5.41, 5.74) is 0. The Kier molecular flexibility index (Phi) is 47.9. The molecular weight excluding hydrogens is 755 g/mol. The Labute approximate surface area is 379 Å². The molecule has 0 aromatic rings. The maximum atomic E-state index is 12.6. The van der Waals surface area contributed by atoms with Gasteiger partial charge in [-0.2, -0.15) is 0 Å². The van der Waals surface area contributed by atoms with Crippen LogP contribution >= 0.6 is 0 Å². The van der Waals surface area contributed by atoms with Crippen molar-refractivity contribution in [1.29, 1.82) is 0 Å². The van der Waals surface area contributed by atoms with E-state index in [1.807, 2.05) is 0 Å². The van der Waals surface area contributed by atoms with E-state index in [1.165, 1.54) is 180 Å². The Balaban J connectivity index is 3.75. The predicted octanol–water partition coefficient (Wildman–Crippen LogP) is 15.0. The molecule has 0 bridgehead atoms. The molecule has 0 aliphatic carbocycles. The third-order valence-corrected chi connectivity index (χ3v) is 12.2. The topological polar surface area (TPSA) is 110 Å². The van der Waals surface area contributed by atoms with Gasteiger partial charge in [0.1, 0.15) is 12.2 Å². The summed E-state index contributed by atoms with van der Waals surface area (Å²) in [6.07, 6.45) is 61.6. The molecule has 0 aromatic heterocycles. The molecule has 61 heavy (non-hydrogen) atoms. The second-order valence-corrected chi connectivity index (χ2v) is 18.2. The van der Waals surface area contributed by atoms with E-state index >= 15 is 0 Å². The Morgan fingerprint density at radius 3 is 1.13 bits per heavy atom. The summed E-state index contributed by atoms with van der Waals surface area (Å²) in [5, 5.41) is 43.9. The largest absolute Gasteiger partial charge is 0.394 e. The van der Waals surface area contributed by atoms with Gasteiger partial charge in [-0.15, -0.1) is 0 Å². The predicted molar refractivity (Wildman–Crippen MR) is 265 cm³/mol. The number of amides is 1. The first-order valence-electron chi connectivity index (χ1n) is 26.5. The van der Waals surface area contributed by atoms with Crippen LogP contribution in [0.4, 0.5) is 0 Å². The highest BCUT2D eigenvalue weighted by atomic mass is 16.3. The average molecular weight is 858 g/mol. The van der Waals surface area contributed by atoms with Gasteiger partial charge in [-0.05, 0) is 83.5 Å². The van der Waals surface area contributed by atoms with Crippen LogP contribution in [-0.4, -0.2) is 57.3 Å². The minimum Gasteiger partial charge on any atom is -0.394 e. The molecule has 6 heteroatoms. The van der Waals surface area contributed by atoms with E-state index in [4.69, 9.17) is 0 Å². The number of carbonyl (C=O) groups is 1. The van der Waals surface area contributed by atoms with Crippen LogP contribution in [0.2, 0.25) is 0 Å². The van der Waals surface area contributed by atoms with Gasteiger partial charge in [-0.25, -0.2) is 0 Å². The Morgan fingerprint density at radius 2 is 0.738 bits per heavy atom. The molecule has 0 aromatic carbocycles. The van der Waals surface area contributed by atoms with Crippen molar-refractivity contribution >= 4 is 5.91 Å². The molecule has 358 valence electrons. The van der Waals surface area contributed by atoms with Crippen molar-refractivity contribution in [3.05, 3.63) is 48.6 Å². The van der Waals surface area contributed by atoms with Crippen LogP contribution in [0, 0.1) is 0 Å². The highest BCUT2D eigenvalue weighted by Crippen LogP contribution is 2.16. The molecule has 0 spiro atoms. The fourth-order valence-corrected chi connectivity index (χ4v) is 8.04. The first-order chi connectivity index (χ1) is 30.0. The normalized spacial score (nSPS) is 14.3. The fourth-order valence-electron chi connectivity index (χ4n) is 8.04. The Hall–Kier alpha value is -1.73. The second-order valence-electron chi connectivity index (χ2n) is 18.2. The summed E-state index contributed by atoms with van der Waals surface area (Å²) in [5.74, 6) is -0.601. The van der Waals surface area contributed by atoms with Crippen molar-refractivity contribution in [1.82, 2.24) is 5.32 Å². The van der Waals surface area contributed by atoms with Crippen molar-refractivity contribution in [2.45, 2.75) is 289 Å². The van der Waals surface area contributed by atoms with Crippen LogP contribution in [-0.2, 0) is 4.79 Å². The lowest BCUT2D eigenvalue weighted by Gasteiger charge is -2.27. The van der Waals surface area contributed by atoms with Gasteiger partial charge in [0.15, 0.2) is 0 Å². The molecule has 0 fully saturated rings. The van der Waals surface area contributed by atoms with Crippen molar-refractivity contribution in [2.24, 2.45) is 0 Å². The second kappa shape index (κ2) is 49.3. The summed E-state index contributed by atoms with van der Waals surface area (Å²) < 4.78 is 0. The van der Waals surface area contributed by atoms with Gasteiger partial charge in [0.25, 0.3) is 0 Å². The Bertz CT molecular complexity index is 1010. The molecule has 1 amide bonds. The highest BCUT2D eigenvalue weighted by Gasteiger charge is 2.28. The van der Waals surface area contributed by atoms with Gasteiger partial charge < -0.3 is 25.7 Å². The molecule has 6 nitrogen and oxygen atoms in total. The number of rotatable bonds is 48. The van der Waals surface area contributed by atoms with E-state index in [9.17, 15) is 25.2 Å². The molecule has 0 rings (SSSR count). The number of nitrogens with one attached hydrogen (secondary N) is 1. The van der Waals surface area contributed by atoms with E-state index in [1.54, 1.807) is 0 Å². The summed E-state index contributed by atoms with van der Waals surface area (Å²) in [6.45, 7) is 4.05. The number of aliphatic hydroxyl groups is 4. The zero-order valence-electron chi connectivity index (χ0n) is 40.4. The molecule has 4 unspecified atom stereocenters. The molecule has 0 heterocycles. The first-order valence-corrected chi connectivity index (χ1v) is 26.5. The Morgan fingerprint density at radius 1 is 0.410 bits per heavy atom. The first kappa shape index (κ1) is 59.3. The minimum absolute atomic E-state index is 0.352. The summed E-state index contributed by atoms with van der Waals surface area (Å²) in [7, 11) is 0. The number of aliphatic hydroxyl groups excluding tert-OH is 4. The van der Waals surface area contributed by atoms with Gasteiger partial charge in [-0.1, -0.05) is 229 Å². The molecular formula is C55H103NO5. The highest BCUT2D eigenvalue weighted by molar-refractivity contribution is 5.80. The quantitative estimate of drug-likeness (QED) is 0.0309. The number of allylic oxidation sites excluding steroid dienone is 8. The van der Waals surface area contributed by atoms with Crippen LogP contribution < -0.4 is 5.32 Å². The van der Waals surface area contributed by atoms with E-state index < -0.39 is 36.9 Å². The standard InChI is InChI=1S/C55H103NO5/c1-3-5-7-9-11-13-15-17-19-21-23-25-26-27-29-31-33-35-37-39-41-43-45-47-49-53(59)55(61)56-51(50-57)54(60)52(58)48-46-44-42-40-38-36-34-32-30-28-24-22-20-18-16-14-12-10-8-6-4-2/h23,25,27,29,32,34,40,42,51-54,57-60H,3-22,24,26,28,30-31,33,35-39,41,43-50H2,1-2H3,(H,56,61)/b25-23-,29-27-,34-32+,42-40+. The van der Waals surface area contributed by atoms with Crippen molar-refractivity contribution in [3.63, 3.8) is 0 Å². The third-order valence-electron chi connectivity index (χ3n) is 12.2. The van der Waals surface area contributed by atoms with Crippen LogP contribution in [0.25, 0.3) is 0 Å². The third kappa shape index (κ3) is 43.3. The zero-order chi connectivity index (χ0) is 44.5. The number of unbranched alkanes of at least 4 members (excludes halogenated alkanes) is 31. The maximum absolute atomic E-state index is 12.6. The number of hydrogen-bond donors (Lipinski definition) is 5. The number of carbonyl (C=O) groups excluding carboxylic acids is 1. The van der Waals surface area contributed by atoms with Crippen molar-refractivity contribution in [3.8, 4) is 0 Å².